The lowest BCUT2D eigenvalue weighted by molar-refractivity contribution is 0.549. The molecule has 0 amide bonds. The van der Waals surface area contributed by atoms with Gasteiger partial charge in [-0.1, -0.05) is 43.2 Å². The van der Waals surface area contributed by atoms with Crippen LogP contribution in [0.2, 0.25) is 0 Å². The Morgan fingerprint density at radius 1 is 1.38 bits per heavy atom. The largest absolute Gasteiger partial charge is 0.306 e. The molecule has 1 nitrogen and oxygen atoms in total. The molecule has 0 spiro atoms. The van der Waals surface area contributed by atoms with E-state index in [-0.39, 0.29) is 0 Å². The molecule has 1 rings (SSSR count). The zero-order valence-corrected chi connectivity index (χ0v) is 10.7. The third kappa shape index (κ3) is 3.82. The highest BCUT2D eigenvalue weighted by Gasteiger charge is 2.03. The first-order valence-electron chi connectivity index (χ1n) is 6.09. The third-order valence-electron chi connectivity index (χ3n) is 2.94. The van der Waals surface area contributed by atoms with Crippen molar-refractivity contribution in [2.75, 3.05) is 0 Å². The molecule has 1 N–H and O–H groups in total. The second-order valence-electron chi connectivity index (χ2n) is 4.44. The summed E-state index contributed by atoms with van der Waals surface area (Å²) in [5.74, 6) is 0. The molecule has 0 aliphatic heterocycles. The Morgan fingerprint density at radius 3 is 2.69 bits per heavy atom. The van der Waals surface area contributed by atoms with Crippen LogP contribution in [0.5, 0.6) is 0 Å². The molecule has 0 saturated heterocycles. The third-order valence-corrected chi connectivity index (χ3v) is 2.94. The van der Waals surface area contributed by atoms with Crippen LogP contribution in [0.3, 0.4) is 0 Å². The molecule has 16 heavy (non-hydrogen) atoms. The van der Waals surface area contributed by atoms with Gasteiger partial charge >= 0.3 is 0 Å². The predicted molar refractivity (Wildman–Crippen MR) is 71.6 cm³/mol. The van der Waals surface area contributed by atoms with Crippen molar-refractivity contribution in [2.45, 2.75) is 46.2 Å². The Hall–Kier alpha value is -1.08. The second kappa shape index (κ2) is 6.49. The number of nitrogens with one attached hydrogen (secondary N) is 1. The highest BCUT2D eigenvalue weighted by Crippen LogP contribution is 2.11. The molecule has 88 valence electrons. The van der Waals surface area contributed by atoms with Gasteiger partial charge in [0.25, 0.3) is 0 Å². The molecule has 1 atom stereocenters. The minimum absolute atomic E-state index is 0.436. The quantitative estimate of drug-likeness (QED) is 0.716. The number of benzene rings is 1. The maximum Gasteiger partial charge on any atom is 0.0250 e. The highest BCUT2D eigenvalue weighted by molar-refractivity contribution is 5.30. The van der Waals surface area contributed by atoms with Crippen molar-refractivity contribution in [1.82, 2.24) is 5.32 Å². The lowest BCUT2D eigenvalue weighted by Gasteiger charge is -2.15. The summed E-state index contributed by atoms with van der Waals surface area (Å²) in [6, 6.07) is 7.06. The van der Waals surface area contributed by atoms with Crippen LogP contribution in [0.25, 0.3) is 0 Å². The molecule has 0 aliphatic carbocycles. The normalized spacial score (nSPS) is 12.4. The first-order chi connectivity index (χ1) is 7.67. The van der Waals surface area contributed by atoms with Crippen molar-refractivity contribution in [2.24, 2.45) is 0 Å². The minimum atomic E-state index is 0.436. The number of rotatable bonds is 6. The van der Waals surface area contributed by atoms with E-state index >= 15 is 0 Å². The first kappa shape index (κ1) is 13.0. The lowest BCUT2D eigenvalue weighted by Crippen LogP contribution is -2.26. The van der Waals surface area contributed by atoms with Crippen molar-refractivity contribution in [1.29, 1.82) is 0 Å². The second-order valence-corrected chi connectivity index (χ2v) is 4.44. The maximum absolute atomic E-state index is 3.87. The van der Waals surface area contributed by atoms with Crippen LogP contribution in [0.15, 0.2) is 30.9 Å². The molecule has 0 aromatic heterocycles. The van der Waals surface area contributed by atoms with Crippen LogP contribution in [0.1, 0.15) is 36.5 Å². The minimum Gasteiger partial charge on any atom is -0.306 e. The Balaban J connectivity index is 2.56. The fourth-order valence-electron chi connectivity index (χ4n) is 1.90. The Labute approximate surface area is 99.6 Å². The summed E-state index contributed by atoms with van der Waals surface area (Å²) in [7, 11) is 0. The molecule has 0 fully saturated rings. The van der Waals surface area contributed by atoms with E-state index in [0.29, 0.717) is 6.04 Å². The first-order valence-corrected chi connectivity index (χ1v) is 6.09. The van der Waals surface area contributed by atoms with Crippen molar-refractivity contribution in [3.05, 3.63) is 47.5 Å². The number of aryl methyl sites for hydroxylation is 2. The van der Waals surface area contributed by atoms with Gasteiger partial charge in [-0.3, -0.25) is 0 Å². The topological polar surface area (TPSA) is 12.0 Å². The molecule has 0 radical (unpaired) electrons. The van der Waals surface area contributed by atoms with E-state index in [9.17, 15) is 0 Å². The van der Waals surface area contributed by atoms with Gasteiger partial charge in [0.2, 0.25) is 0 Å². The van der Waals surface area contributed by atoms with Crippen molar-refractivity contribution in [3.8, 4) is 0 Å². The van der Waals surface area contributed by atoms with Gasteiger partial charge in [0.05, 0.1) is 0 Å². The van der Waals surface area contributed by atoms with E-state index in [0.717, 1.165) is 13.0 Å². The van der Waals surface area contributed by atoms with E-state index in [1.807, 2.05) is 6.08 Å². The summed E-state index contributed by atoms with van der Waals surface area (Å²) in [5, 5.41) is 3.53. The van der Waals surface area contributed by atoms with Crippen LogP contribution >= 0.6 is 0 Å². The summed E-state index contributed by atoms with van der Waals surface area (Å²) in [6.07, 6.45) is 4.36. The van der Waals surface area contributed by atoms with E-state index in [1.165, 1.54) is 23.1 Å². The summed E-state index contributed by atoms with van der Waals surface area (Å²) < 4.78 is 0. The zero-order valence-electron chi connectivity index (χ0n) is 10.7. The molecule has 1 unspecified atom stereocenters. The summed E-state index contributed by atoms with van der Waals surface area (Å²) in [6.45, 7) is 11.3. The average molecular weight is 217 g/mol. The van der Waals surface area contributed by atoms with Crippen molar-refractivity contribution < 1.29 is 0 Å². The van der Waals surface area contributed by atoms with Gasteiger partial charge in [-0.25, -0.2) is 0 Å². The SMILES string of the molecule is C=CC(CCC)NCc1ccc(C)cc1C. The van der Waals surface area contributed by atoms with Gasteiger partial charge in [0.1, 0.15) is 0 Å². The standard InChI is InChI=1S/C15H23N/c1-5-7-15(6-2)16-11-14-9-8-12(3)10-13(14)4/h6,8-10,15-16H,2,5,7,11H2,1,3-4H3. The number of hydrogen-bond donors (Lipinski definition) is 1. The van der Waals surface area contributed by atoms with E-state index in [4.69, 9.17) is 0 Å². The van der Waals surface area contributed by atoms with Gasteiger partial charge in [0, 0.05) is 12.6 Å². The van der Waals surface area contributed by atoms with Gasteiger partial charge in [-0.15, -0.1) is 6.58 Å². The smallest absolute Gasteiger partial charge is 0.0250 e. The molecular formula is C15H23N. The lowest BCUT2D eigenvalue weighted by atomic mass is 10.0. The van der Waals surface area contributed by atoms with E-state index in [2.05, 4.69) is 50.9 Å². The molecule has 1 heteroatoms. The molecule has 1 aromatic rings. The fraction of sp³-hybridized carbons (Fsp3) is 0.467. The van der Waals surface area contributed by atoms with E-state index in [1.54, 1.807) is 0 Å². The van der Waals surface area contributed by atoms with Gasteiger partial charge < -0.3 is 5.32 Å². The summed E-state index contributed by atoms with van der Waals surface area (Å²) >= 11 is 0. The average Bonchev–Trinajstić information content (AvgIpc) is 2.26. The Kier molecular flexibility index (Phi) is 5.27. The van der Waals surface area contributed by atoms with Gasteiger partial charge in [-0.05, 0) is 31.4 Å². The fourth-order valence-corrected chi connectivity index (χ4v) is 1.90. The van der Waals surface area contributed by atoms with Crippen LogP contribution in [-0.2, 0) is 6.54 Å². The molecular weight excluding hydrogens is 194 g/mol. The summed E-state index contributed by atoms with van der Waals surface area (Å²) in [5.41, 5.74) is 4.08. The molecule has 0 aliphatic rings. The number of hydrogen-bond acceptors (Lipinski definition) is 1. The molecule has 0 heterocycles. The predicted octanol–water partition coefficient (Wildman–Crippen LogP) is 3.75. The monoisotopic (exact) mass is 217 g/mol. The van der Waals surface area contributed by atoms with E-state index < -0.39 is 0 Å². The summed E-state index contributed by atoms with van der Waals surface area (Å²) in [4.78, 5) is 0. The Morgan fingerprint density at radius 2 is 2.12 bits per heavy atom. The van der Waals surface area contributed by atoms with Gasteiger partial charge in [0.15, 0.2) is 0 Å². The molecule has 0 bridgehead atoms. The Bertz CT molecular complexity index is 341. The highest BCUT2D eigenvalue weighted by atomic mass is 14.9. The van der Waals surface area contributed by atoms with Crippen LogP contribution in [0, 0.1) is 13.8 Å². The van der Waals surface area contributed by atoms with Crippen molar-refractivity contribution in [3.63, 3.8) is 0 Å². The van der Waals surface area contributed by atoms with Gasteiger partial charge in [-0.2, -0.15) is 0 Å². The molecule has 1 aromatic carbocycles. The van der Waals surface area contributed by atoms with Crippen LogP contribution in [0.4, 0.5) is 0 Å². The van der Waals surface area contributed by atoms with Crippen LogP contribution < -0.4 is 5.32 Å². The van der Waals surface area contributed by atoms with Crippen LogP contribution in [-0.4, -0.2) is 6.04 Å². The zero-order chi connectivity index (χ0) is 12.0. The molecule has 0 saturated carbocycles. The maximum atomic E-state index is 3.87. The van der Waals surface area contributed by atoms with Crippen molar-refractivity contribution >= 4 is 0 Å².